The molecule has 26 heavy (non-hydrogen) atoms. The van der Waals surface area contributed by atoms with Crippen LogP contribution in [0.3, 0.4) is 0 Å². The summed E-state index contributed by atoms with van der Waals surface area (Å²) in [5, 5.41) is 0. The SMILES string of the molecule is CCN(Cc1ccncc1)CC1CCCN(CCc2cccc(F)c2)C1. The lowest BCUT2D eigenvalue weighted by Gasteiger charge is -2.35. The molecule has 1 unspecified atom stereocenters. The molecule has 2 heterocycles. The predicted molar refractivity (Wildman–Crippen MR) is 104 cm³/mol. The maximum Gasteiger partial charge on any atom is 0.123 e. The lowest BCUT2D eigenvalue weighted by atomic mass is 9.96. The first-order valence-electron chi connectivity index (χ1n) is 9.81. The van der Waals surface area contributed by atoms with E-state index >= 15 is 0 Å². The molecule has 0 amide bonds. The number of nitrogens with zero attached hydrogens (tertiary/aromatic N) is 3. The third kappa shape index (κ3) is 5.89. The van der Waals surface area contributed by atoms with E-state index in [1.165, 1.54) is 31.0 Å². The molecule has 3 nitrogen and oxygen atoms in total. The second-order valence-corrected chi connectivity index (χ2v) is 7.37. The van der Waals surface area contributed by atoms with Crippen molar-refractivity contribution in [2.75, 3.05) is 32.7 Å². The number of likely N-dealkylation sites (tertiary alicyclic amines) is 1. The molecule has 140 valence electrons. The molecule has 1 atom stereocenters. The molecule has 0 saturated carbocycles. The van der Waals surface area contributed by atoms with Gasteiger partial charge in [0, 0.05) is 38.6 Å². The highest BCUT2D eigenvalue weighted by molar-refractivity contribution is 5.16. The van der Waals surface area contributed by atoms with Crippen LogP contribution in [0.5, 0.6) is 0 Å². The Morgan fingerprint density at radius 3 is 2.81 bits per heavy atom. The minimum absolute atomic E-state index is 0.131. The average Bonchev–Trinajstić information content (AvgIpc) is 2.67. The van der Waals surface area contributed by atoms with Crippen molar-refractivity contribution in [2.45, 2.75) is 32.7 Å². The second kappa shape index (κ2) is 9.79. The summed E-state index contributed by atoms with van der Waals surface area (Å²) in [5.41, 5.74) is 2.43. The number of hydrogen-bond donors (Lipinski definition) is 0. The van der Waals surface area contributed by atoms with E-state index in [0.29, 0.717) is 0 Å². The smallest absolute Gasteiger partial charge is 0.123 e. The molecule has 0 spiro atoms. The maximum absolute atomic E-state index is 13.3. The zero-order valence-corrected chi connectivity index (χ0v) is 15.8. The minimum Gasteiger partial charge on any atom is -0.303 e. The second-order valence-electron chi connectivity index (χ2n) is 7.37. The highest BCUT2D eigenvalue weighted by Gasteiger charge is 2.21. The first kappa shape index (κ1) is 19.0. The molecule has 0 radical (unpaired) electrons. The van der Waals surface area contributed by atoms with E-state index in [0.717, 1.165) is 50.6 Å². The molecule has 1 saturated heterocycles. The fourth-order valence-electron chi connectivity index (χ4n) is 3.90. The van der Waals surface area contributed by atoms with Gasteiger partial charge in [0.15, 0.2) is 0 Å². The van der Waals surface area contributed by atoms with Gasteiger partial charge in [0.05, 0.1) is 0 Å². The summed E-state index contributed by atoms with van der Waals surface area (Å²) in [7, 11) is 0. The standard InChI is InChI=1S/C22H30FN3/c1-2-25(16-20-8-11-24-12-9-20)17-21-6-4-13-26(18-21)14-10-19-5-3-7-22(23)15-19/h3,5,7-9,11-12,15,21H,2,4,6,10,13-14,16-18H2,1H3. The van der Waals surface area contributed by atoms with Gasteiger partial charge in [0.2, 0.25) is 0 Å². The molecule has 1 aromatic carbocycles. The van der Waals surface area contributed by atoms with Crippen molar-refractivity contribution in [3.63, 3.8) is 0 Å². The maximum atomic E-state index is 13.3. The van der Waals surface area contributed by atoms with E-state index in [2.05, 4.69) is 33.8 Å². The van der Waals surface area contributed by atoms with Crippen molar-refractivity contribution < 1.29 is 4.39 Å². The van der Waals surface area contributed by atoms with Crippen LogP contribution in [0.25, 0.3) is 0 Å². The molecule has 3 rings (SSSR count). The zero-order valence-electron chi connectivity index (χ0n) is 15.8. The normalized spacial score (nSPS) is 18.3. The lowest BCUT2D eigenvalue weighted by Crippen LogP contribution is -2.41. The summed E-state index contributed by atoms with van der Waals surface area (Å²) in [6.45, 7) is 8.81. The van der Waals surface area contributed by atoms with Crippen LogP contribution in [0.15, 0.2) is 48.8 Å². The van der Waals surface area contributed by atoms with Crippen LogP contribution in [0.2, 0.25) is 0 Å². The van der Waals surface area contributed by atoms with Crippen LogP contribution in [0.1, 0.15) is 30.9 Å². The molecule has 4 heteroatoms. The molecule has 1 aliphatic heterocycles. The van der Waals surface area contributed by atoms with Gasteiger partial charge in [0.1, 0.15) is 5.82 Å². The Bertz CT molecular complexity index is 661. The Labute approximate surface area is 156 Å². The van der Waals surface area contributed by atoms with Gasteiger partial charge in [-0.2, -0.15) is 0 Å². The summed E-state index contributed by atoms with van der Waals surface area (Å²) >= 11 is 0. The molecule has 1 aromatic heterocycles. The summed E-state index contributed by atoms with van der Waals surface area (Å²) in [5.74, 6) is 0.590. The summed E-state index contributed by atoms with van der Waals surface area (Å²) in [6.07, 6.45) is 7.25. The molecular formula is C22H30FN3. The Morgan fingerprint density at radius 2 is 2.04 bits per heavy atom. The van der Waals surface area contributed by atoms with Crippen molar-refractivity contribution in [3.8, 4) is 0 Å². The van der Waals surface area contributed by atoms with Gasteiger partial charge in [-0.3, -0.25) is 9.88 Å². The van der Waals surface area contributed by atoms with Gasteiger partial charge in [-0.1, -0.05) is 19.1 Å². The Kier molecular flexibility index (Phi) is 7.15. The van der Waals surface area contributed by atoms with E-state index in [4.69, 9.17) is 0 Å². The largest absolute Gasteiger partial charge is 0.303 e. The first-order valence-corrected chi connectivity index (χ1v) is 9.81. The monoisotopic (exact) mass is 355 g/mol. The van der Waals surface area contributed by atoms with E-state index in [9.17, 15) is 4.39 Å². The molecule has 2 aromatic rings. The topological polar surface area (TPSA) is 19.4 Å². The predicted octanol–water partition coefficient (Wildman–Crippen LogP) is 4.00. The van der Waals surface area contributed by atoms with Crippen LogP contribution in [0.4, 0.5) is 4.39 Å². The first-order chi connectivity index (χ1) is 12.7. The molecule has 1 fully saturated rings. The highest BCUT2D eigenvalue weighted by Crippen LogP contribution is 2.19. The summed E-state index contributed by atoms with van der Waals surface area (Å²) in [4.78, 5) is 9.20. The van der Waals surface area contributed by atoms with E-state index in [1.54, 1.807) is 6.07 Å². The number of halogens is 1. The van der Waals surface area contributed by atoms with Gasteiger partial charge in [-0.25, -0.2) is 4.39 Å². The van der Waals surface area contributed by atoms with Crippen molar-refractivity contribution in [2.24, 2.45) is 5.92 Å². The Balaban J connectivity index is 1.47. The van der Waals surface area contributed by atoms with E-state index < -0.39 is 0 Å². The van der Waals surface area contributed by atoms with Gasteiger partial charge < -0.3 is 4.90 Å². The fraction of sp³-hybridized carbons (Fsp3) is 0.500. The Hall–Kier alpha value is -1.78. The van der Waals surface area contributed by atoms with Gasteiger partial charge in [-0.15, -0.1) is 0 Å². The van der Waals surface area contributed by atoms with Gasteiger partial charge in [-0.05, 0) is 73.7 Å². The van der Waals surface area contributed by atoms with Gasteiger partial charge >= 0.3 is 0 Å². The molecule has 0 bridgehead atoms. The average molecular weight is 356 g/mol. The van der Waals surface area contributed by atoms with Gasteiger partial charge in [0.25, 0.3) is 0 Å². The van der Waals surface area contributed by atoms with Crippen LogP contribution >= 0.6 is 0 Å². The molecule has 0 aliphatic carbocycles. The third-order valence-electron chi connectivity index (χ3n) is 5.33. The molecule has 1 aliphatic rings. The minimum atomic E-state index is -0.131. The third-order valence-corrected chi connectivity index (χ3v) is 5.33. The van der Waals surface area contributed by atoms with Crippen molar-refractivity contribution in [1.82, 2.24) is 14.8 Å². The number of rotatable bonds is 8. The Morgan fingerprint density at radius 1 is 1.19 bits per heavy atom. The van der Waals surface area contributed by atoms with Crippen LogP contribution in [0, 0.1) is 11.7 Å². The summed E-state index contributed by atoms with van der Waals surface area (Å²) < 4.78 is 13.3. The van der Waals surface area contributed by atoms with Crippen LogP contribution in [-0.4, -0.2) is 47.5 Å². The zero-order chi connectivity index (χ0) is 18.2. The highest BCUT2D eigenvalue weighted by atomic mass is 19.1. The number of aromatic nitrogens is 1. The van der Waals surface area contributed by atoms with Crippen molar-refractivity contribution in [3.05, 3.63) is 65.7 Å². The molecule has 0 N–H and O–H groups in total. The molecular weight excluding hydrogens is 325 g/mol. The quantitative estimate of drug-likeness (QED) is 0.713. The van der Waals surface area contributed by atoms with Crippen LogP contribution < -0.4 is 0 Å². The number of piperidine rings is 1. The lowest BCUT2D eigenvalue weighted by molar-refractivity contribution is 0.133. The van der Waals surface area contributed by atoms with Crippen molar-refractivity contribution >= 4 is 0 Å². The fourth-order valence-corrected chi connectivity index (χ4v) is 3.90. The number of benzene rings is 1. The van der Waals surface area contributed by atoms with E-state index in [1.807, 2.05) is 24.5 Å². The van der Waals surface area contributed by atoms with E-state index in [-0.39, 0.29) is 5.82 Å². The number of pyridine rings is 1. The van der Waals surface area contributed by atoms with Crippen LogP contribution in [-0.2, 0) is 13.0 Å². The summed E-state index contributed by atoms with van der Waals surface area (Å²) in [6, 6.07) is 11.2. The van der Waals surface area contributed by atoms with Crippen molar-refractivity contribution in [1.29, 1.82) is 0 Å². The number of hydrogen-bond acceptors (Lipinski definition) is 3.